The number of piperidine rings is 1. The molecule has 1 nitrogen and oxygen atoms in total. The molecule has 2 atom stereocenters. The molecule has 0 spiro atoms. The monoisotopic (exact) mass is 125 g/mol. The lowest BCUT2D eigenvalue weighted by Crippen LogP contribution is -2.21. The van der Waals surface area contributed by atoms with E-state index in [9.17, 15) is 0 Å². The third-order valence-electron chi connectivity index (χ3n) is 3.30. The van der Waals surface area contributed by atoms with Gasteiger partial charge < -0.3 is 4.90 Å². The van der Waals surface area contributed by atoms with E-state index < -0.39 is 0 Å². The fourth-order valence-corrected chi connectivity index (χ4v) is 2.33. The number of hydrogen-bond donors (Lipinski definition) is 0. The zero-order valence-electron chi connectivity index (χ0n) is 6.52. The van der Waals surface area contributed by atoms with Gasteiger partial charge in [0, 0.05) is 13.1 Å². The normalized spacial score (nSPS) is 47.0. The van der Waals surface area contributed by atoms with Crippen LogP contribution in [0.4, 0.5) is 0 Å². The second-order valence-corrected chi connectivity index (χ2v) is 4.26. The summed E-state index contributed by atoms with van der Waals surface area (Å²) >= 11 is 0. The van der Waals surface area contributed by atoms with Crippen LogP contribution in [0, 0.1) is 17.3 Å². The van der Waals surface area contributed by atoms with E-state index in [1.165, 1.54) is 13.1 Å². The zero-order chi connectivity index (χ0) is 6.65. The van der Waals surface area contributed by atoms with Gasteiger partial charge >= 0.3 is 0 Å². The third kappa shape index (κ3) is 0.586. The molecule has 2 aliphatic rings. The first-order chi connectivity index (χ1) is 4.12. The van der Waals surface area contributed by atoms with E-state index in [2.05, 4.69) is 25.8 Å². The Hall–Kier alpha value is -0.0400. The summed E-state index contributed by atoms with van der Waals surface area (Å²) in [4.78, 5) is 2.45. The van der Waals surface area contributed by atoms with Gasteiger partial charge in [0.05, 0.1) is 0 Å². The quantitative estimate of drug-likeness (QED) is 0.470. The van der Waals surface area contributed by atoms with Crippen LogP contribution in [0.15, 0.2) is 0 Å². The smallest absolute Gasteiger partial charge is 0.00153 e. The molecule has 1 aliphatic carbocycles. The second kappa shape index (κ2) is 1.34. The molecular weight excluding hydrogens is 110 g/mol. The summed E-state index contributed by atoms with van der Waals surface area (Å²) in [7, 11) is 2.22. The molecule has 1 heterocycles. The van der Waals surface area contributed by atoms with Crippen LogP contribution in [0.1, 0.15) is 13.8 Å². The van der Waals surface area contributed by atoms with Crippen molar-refractivity contribution in [2.45, 2.75) is 13.8 Å². The minimum Gasteiger partial charge on any atom is -0.306 e. The summed E-state index contributed by atoms with van der Waals surface area (Å²) in [6, 6.07) is 0. The molecule has 0 radical (unpaired) electrons. The molecule has 0 bridgehead atoms. The number of likely N-dealkylation sites (tertiary alicyclic amines) is 1. The Morgan fingerprint density at radius 2 is 1.67 bits per heavy atom. The highest BCUT2D eigenvalue weighted by molar-refractivity contribution is 5.10. The highest BCUT2D eigenvalue weighted by Crippen LogP contribution is 2.61. The van der Waals surface area contributed by atoms with Crippen molar-refractivity contribution in [2.75, 3.05) is 20.1 Å². The first-order valence-corrected chi connectivity index (χ1v) is 3.81. The molecule has 9 heavy (non-hydrogen) atoms. The van der Waals surface area contributed by atoms with Gasteiger partial charge in [0.15, 0.2) is 0 Å². The van der Waals surface area contributed by atoms with Crippen LogP contribution in [0.3, 0.4) is 0 Å². The van der Waals surface area contributed by atoms with E-state index in [4.69, 9.17) is 0 Å². The number of rotatable bonds is 0. The predicted molar refractivity (Wildman–Crippen MR) is 38.3 cm³/mol. The molecule has 0 unspecified atom stereocenters. The lowest BCUT2D eigenvalue weighted by molar-refractivity contribution is 0.306. The van der Waals surface area contributed by atoms with Gasteiger partial charge in [0.1, 0.15) is 0 Å². The van der Waals surface area contributed by atoms with Gasteiger partial charge in [-0.1, -0.05) is 13.8 Å². The van der Waals surface area contributed by atoms with Gasteiger partial charge in [-0.15, -0.1) is 0 Å². The maximum absolute atomic E-state index is 2.45. The zero-order valence-corrected chi connectivity index (χ0v) is 6.52. The highest BCUT2D eigenvalue weighted by atomic mass is 15.2. The standard InChI is InChI=1S/C8H15N/c1-8(2)6-4-9(3)5-7(6)8/h6-7H,4-5H2,1-3H3/t6-,7+. The molecule has 2 fully saturated rings. The van der Waals surface area contributed by atoms with Gasteiger partial charge in [-0.3, -0.25) is 0 Å². The van der Waals surface area contributed by atoms with E-state index in [0.29, 0.717) is 5.41 Å². The van der Waals surface area contributed by atoms with Gasteiger partial charge in [-0.05, 0) is 24.3 Å². The van der Waals surface area contributed by atoms with E-state index in [1.807, 2.05) is 0 Å². The predicted octanol–water partition coefficient (Wildman–Crippen LogP) is 1.20. The van der Waals surface area contributed by atoms with Crippen molar-refractivity contribution < 1.29 is 0 Å². The Morgan fingerprint density at radius 3 is 2.00 bits per heavy atom. The fraction of sp³-hybridized carbons (Fsp3) is 1.00. The fourth-order valence-electron chi connectivity index (χ4n) is 2.33. The molecule has 0 N–H and O–H groups in total. The molecule has 52 valence electrons. The Labute approximate surface area is 57.0 Å². The molecule has 1 saturated heterocycles. The van der Waals surface area contributed by atoms with Crippen LogP contribution >= 0.6 is 0 Å². The average Bonchev–Trinajstić information content (AvgIpc) is 2.27. The Kier molecular flexibility index (Phi) is 0.852. The van der Waals surface area contributed by atoms with Crippen molar-refractivity contribution in [1.29, 1.82) is 0 Å². The summed E-state index contributed by atoms with van der Waals surface area (Å²) in [5.74, 6) is 2.06. The number of fused-ring (bicyclic) bond motifs is 1. The third-order valence-corrected chi connectivity index (χ3v) is 3.30. The van der Waals surface area contributed by atoms with E-state index in [0.717, 1.165) is 11.8 Å². The minimum atomic E-state index is 0.701. The molecule has 1 saturated carbocycles. The molecule has 0 aromatic carbocycles. The lowest BCUT2D eigenvalue weighted by atomic mass is 10.1. The van der Waals surface area contributed by atoms with Crippen LogP contribution in [-0.4, -0.2) is 25.0 Å². The highest BCUT2D eigenvalue weighted by Gasteiger charge is 2.60. The van der Waals surface area contributed by atoms with Crippen molar-refractivity contribution in [3.05, 3.63) is 0 Å². The molecule has 2 rings (SSSR count). The van der Waals surface area contributed by atoms with Gasteiger partial charge in [-0.25, -0.2) is 0 Å². The van der Waals surface area contributed by atoms with Crippen molar-refractivity contribution in [3.8, 4) is 0 Å². The molecule has 0 amide bonds. The Morgan fingerprint density at radius 1 is 1.22 bits per heavy atom. The maximum Gasteiger partial charge on any atom is 0.00153 e. The molecule has 1 heteroatoms. The van der Waals surface area contributed by atoms with Crippen LogP contribution < -0.4 is 0 Å². The number of nitrogens with zero attached hydrogens (tertiary/aromatic N) is 1. The van der Waals surface area contributed by atoms with Crippen LogP contribution in [0.5, 0.6) is 0 Å². The average molecular weight is 125 g/mol. The molecule has 0 aromatic rings. The summed E-state index contributed by atoms with van der Waals surface area (Å²) < 4.78 is 0. The van der Waals surface area contributed by atoms with Gasteiger partial charge in [0.2, 0.25) is 0 Å². The van der Waals surface area contributed by atoms with E-state index in [-0.39, 0.29) is 0 Å². The van der Waals surface area contributed by atoms with Crippen molar-refractivity contribution in [1.82, 2.24) is 4.90 Å². The summed E-state index contributed by atoms with van der Waals surface area (Å²) in [5, 5.41) is 0. The van der Waals surface area contributed by atoms with E-state index in [1.54, 1.807) is 0 Å². The van der Waals surface area contributed by atoms with Crippen LogP contribution in [0.25, 0.3) is 0 Å². The maximum atomic E-state index is 2.45. The van der Waals surface area contributed by atoms with Crippen molar-refractivity contribution in [3.63, 3.8) is 0 Å². The SMILES string of the molecule is CN1C[C@@H]2[C@H](C1)C2(C)C. The van der Waals surface area contributed by atoms with E-state index >= 15 is 0 Å². The Balaban J connectivity index is 2.06. The van der Waals surface area contributed by atoms with Crippen molar-refractivity contribution in [2.24, 2.45) is 17.3 Å². The molecule has 0 aromatic heterocycles. The minimum absolute atomic E-state index is 0.701. The molecular formula is C8H15N. The Bertz CT molecular complexity index is 126. The largest absolute Gasteiger partial charge is 0.306 e. The first kappa shape index (κ1) is 5.72. The summed E-state index contributed by atoms with van der Waals surface area (Å²) in [6.07, 6.45) is 0. The van der Waals surface area contributed by atoms with Gasteiger partial charge in [0.25, 0.3) is 0 Å². The number of hydrogen-bond acceptors (Lipinski definition) is 1. The molecule has 1 aliphatic heterocycles. The second-order valence-electron chi connectivity index (χ2n) is 4.26. The topological polar surface area (TPSA) is 3.24 Å². The van der Waals surface area contributed by atoms with Crippen molar-refractivity contribution >= 4 is 0 Å². The lowest BCUT2D eigenvalue weighted by Gasteiger charge is -2.15. The van der Waals surface area contributed by atoms with Gasteiger partial charge in [-0.2, -0.15) is 0 Å². The summed E-state index contributed by atoms with van der Waals surface area (Å²) in [5.41, 5.74) is 0.701. The van der Waals surface area contributed by atoms with Crippen LogP contribution in [-0.2, 0) is 0 Å². The first-order valence-electron chi connectivity index (χ1n) is 3.81. The van der Waals surface area contributed by atoms with Crippen LogP contribution in [0.2, 0.25) is 0 Å². The summed E-state index contributed by atoms with van der Waals surface area (Å²) in [6.45, 7) is 7.49.